The molecule has 0 amide bonds. The number of aryl methyl sites for hydroxylation is 1. The second-order valence-corrected chi connectivity index (χ2v) is 12.6. The molecular formula is C13H21BrN4O2Si. The van der Waals surface area contributed by atoms with Crippen LogP contribution in [0.5, 0.6) is 0 Å². The Morgan fingerprint density at radius 2 is 2.14 bits per heavy atom. The molecule has 2 aromatic heterocycles. The third-order valence-electron chi connectivity index (χ3n) is 2.84. The van der Waals surface area contributed by atoms with Crippen molar-refractivity contribution in [2.45, 2.75) is 39.3 Å². The predicted molar refractivity (Wildman–Crippen MR) is 88.6 cm³/mol. The summed E-state index contributed by atoms with van der Waals surface area (Å²) in [7, 11) is -1.06. The molecule has 0 atom stereocenters. The van der Waals surface area contributed by atoms with Gasteiger partial charge in [-0.25, -0.2) is 4.68 Å². The molecule has 2 heterocycles. The number of hydrogen-bond donors (Lipinski definition) is 1. The van der Waals surface area contributed by atoms with E-state index in [1.54, 1.807) is 4.68 Å². The van der Waals surface area contributed by atoms with Gasteiger partial charge in [-0.1, -0.05) is 24.8 Å². The molecule has 0 aliphatic carbocycles. The van der Waals surface area contributed by atoms with Crippen LogP contribution >= 0.6 is 15.9 Å². The number of hydrogen-bond acceptors (Lipinski definition) is 5. The zero-order chi connectivity index (χ0) is 15.5. The van der Waals surface area contributed by atoms with E-state index in [4.69, 9.17) is 9.26 Å². The highest BCUT2D eigenvalue weighted by Crippen LogP contribution is 2.20. The molecule has 0 unspecified atom stereocenters. The topological polar surface area (TPSA) is 65.1 Å². The van der Waals surface area contributed by atoms with Crippen LogP contribution in [0.15, 0.2) is 21.3 Å². The first kappa shape index (κ1) is 16.3. The largest absolute Gasteiger partial charge is 0.360 e. The molecule has 0 saturated heterocycles. The highest BCUT2D eigenvalue weighted by Gasteiger charge is 2.13. The summed E-state index contributed by atoms with van der Waals surface area (Å²) in [5.41, 5.74) is 0. The fourth-order valence-corrected chi connectivity index (χ4v) is 2.84. The summed E-state index contributed by atoms with van der Waals surface area (Å²) in [6.07, 6.45) is 0. The first-order chi connectivity index (χ1) is 9.83. The minimum Gasteiger partial charge on any atom is -0.360 e. The van der Waals surface area contributed by atoms with Crippen LogP contribution in [0.4, 0.5) is 11.6 Å². The average Bonchev–Trinajstić information content (AvgIpc) is 2.91. The van der Waals surface area contributed by atoms with Gasteiger partial charge >= 0.3 is 0 Å². The maximum Gasteiger partial charge on any atom is 0.175 e. The summed E-state index contributed by atoms with van der Waals surface area (Å²) in [6.45, 7) is 10.0. The molecule has 0 spiro atoms. The summed E-state index contributed by atoms with van der Waals surface area (Å²) in [5.74, 6) is 2.22. The van der Waals surface area contributed by atoms with Crippen molar-refractivity contribution in [3.05, 3.63) is 22.5 Å². The maximum atomic E-state index is 5.72. The highest BCUT2D eigenvalue weighted by atomic mass is 79.9. The van der Waals surface area contributed by atoms with Gasteiger partial charge in [-0.15, -0.1) is 0 Å². The van der Waals surface area contributed by atoms with Gasteiger partial charge in [0, 0.05) is 26.8 Å². The molecule has 0 saturated carbocycles. The van der Waals surface area contributed by atoms with Gasteiger partial charge in [-0.05, 0) is 28.9 Å². The van der Waals surface area contributed by atoms with E-state index in [0.717, 1.165) is 28.8 Å². The molecule has 8 heteroatoms. The van der Waals surface area contributed by atoms with E-state index >= 15 is 0 Å². The SMILES string of the molecule is Cc1cc(Nc2cc(Br)nn2COCC[Si](C)(C)C)no1. The third-order valence-corrected chi connectivity index (χ3v) is 4.94. The van der Waals surface area contributed by atoms with Gasteiger partial charge in [-0.3, -0.25) is 0 Å². The Bertz CT molecular complexity index is 591. The van der Waals surface area contributed by atoms with Crippen molar-refractivity contribution < 1.29 is 9.26 Å². The summed E-state index contributed by atoms with van der Waals surface area (Å²) >= 11 is 3.38. The van der Waals surface area contributed by atoms with Crippen molar-refractivity contribution >= 4 is 35.6 Å². The fourth-order valence-electron chi connectivity index (χ4n) is 1.67. The molecule has 2 aromatic rings. The van der Waals surface area contributed by atoms with Gasteiger partial charge < -0.3 is 14.6 Å². The van der Waals surface area contributed by atoms with E-state index in [-0.39, 0.29) is 0 Å². The average molecular weight is 373 g/mol. The minimum atomic E-state index is -1.06. The van der Waals surface area contributed by atoms with Crippen molar-refractivity contribution in [3.63, 3.8) is 0 Å². The summed E-state index contributed by atoms with van der Waals surface area (Å²) in [5, 5.41) is 11.4. The van der Waals surface area contributed by atoms with E-state index in [1.807, 2.05) is 19.1 Å². The molecule has 21 heavy (non-hydrogen) atoms. The van der Waals surface area contributed by atoms with E-state index in [9.17, 15) is 0 Å². The Morgan fingerprint density at radius 3 is 2.76 bits per heavy atom. The fraction of sp³-hybridized carbons (Fsp3) is 0.538. The van der Waals surface area contributed by atoms with Crippen molar-refractivity contribution in [3.8, 4) is 0 Å². The summed E-state index contributed by atoms with van der Waals surface area (Å²) in [6, 6.07) is 4.85. The lowest BCUT2D eigenvalue weighted by Gasteiger charge is -2.15. The quantitative estimate of drug-likeness (QED) is 0.587. The number of nitrogens with one attached hydrogen (secondary N) is 1. The number of anilines is 2. The van der Waals surface area contributed by atoms with E-state index < -0.39 is 8.07 Å². The van der Waals surface area contributed by atoms with Crippen LogP contribution in [0.3, 0.4) is 0 Å². The van der Waals surface area contributed by atoms with Gasteiger partial charge in [-0.2, -0.15) is 5.10 Å². The number of halogens is 1. The normalized spacial score (nSPS) is 11.9. The lowest BCUT2D eigenvalue weighted by atomic mass is 10.5. The number of ether oxygens (including phenoxy) is 1. The Labute approximate surface area is 134 Å². The zero-order valence-electron chi connectivity index (χ0n) is 12.8. The molecule has 2 rings (SSSR count). The van der Waals surface area contributed by atoms with Crippen molar-refractivity contribution in [1.82, 2.24) is 14.9 Å². The van der Waals surface area contributed by atoms with Crippen LogP contribution < -0.4 is 5.32 Å². The van der Waals surface area contributed by atoms with Crippen LogP contribution in [-0.4, -0.2) is 29.6 Å². The van der Waals surface area contributed by atoms with Crippen molar-refractivity contribution in [1.29, 1.82) is 0 Å². The van der Waals surface area contributed by atoms with Gasteiger partial charge in [0.25, 0.3) is 0 Å². The van der Waals surface area contributed by atoms with E-state index in [1.165, 1.54) is 0 Å². The monoisotopic (exact) mass is 372 g/mol. The third kappa shape index (κ3) is 5.29. The Hall–Kier alpha value is -1.12. The van der Waals surface area contributed by atoms with Crippen molar-refractivity contribution in [2.24, 2.45) is 0 Å². The van der Waals surface area contributed by atoms with Crippen LogP contribution in [0, 0.1) is 6.92 Å². The zero-order valence-corrected chi connectivity index (χ0v) is 15.4. The van der Waals surface area contributed by atoms with Crippen LogP contribution in [0.1, 0.15) is 5.76 Å². The molecule has 0 radical (unpaired) electrons. The Balaban J connectivity index is 1.93. The molecule has 6 nitrogen and oxygen atoms in total. The lowest BCUT2D eigenvalue weighted by molar-refractivity contribution is 0.0799. The van der Waals surface area contributed by atoms with Crippen LogP contribution in [0.2, 0.25) is 25.7 Å². The van der Waals surface area contributed by atoms with Gasteiger partial charge in [0.2, 0.25) is 0 Å². The Kier molecular flexibility index (Phi) is 5.23. The standard InChI is InChI=1S/C13H21BrN4O2Si/c1-10-7-12(17-20-10)15-13-8-11(14)16-18(13)9-19-5-6-21(2,3)4/h7-8H,5-6,9H2,1-4H3,(H,15,17). The molecule has 0 aliphatic heterocycles. The highest BCUT2D eigenvalue weighted by molar-refractivity contribution is 9.10. The number of rotatable bonds is 7. The molecular weight excluding hydrogens is 352 g/mol. The molecule has 1 N–H and O–H groups in total. The lowest BCUT2D eigenvalue weighted by Crippen LogP contribution is -2.22. The Morgan fingerprint density at radius 1 is 1.38 bits per heavy atom. The minimum absolute atomic E-state index is 0.412. The smallest absolute Gasteiger partial charge is 0.175 e. The second kappa shape index (κ2) is 6.76. The van der Waals surface area contributed by atoms with Crippen molar-refractivity contribution in [2.75, 3.05) is 11.9 Å². The van der Waals surface area contributed by atoms with E-state index in [0.29, 0.717) is 12.5 Å². The number of nitrogens with zero attached hydrogens (tertiary/aromatic N) is 3. The molecule has 0 fully saturated rings. The van der Waals surface area contributed by atoms with Crippen LogP contribution in [0.25, 0.3) is 0 Å². The van der Waals surface area contributed by atoms with Crippen LogP contribution in [-0.2, 0) is 11.5 Å². The van der Waals surface area contributed by atoms with Gasteiger partial charge in [0.05, 0.1) is 0 Å². The maximum absolute atomic E-state index is 5.72. The van der Waals surface area contributed by atoms with Gasteiger partial charge in [0.15, 0.2) is 5.82 Å². The van der Waals surface area contributed by atoms with Gasteiger partial charge in [0.1, 0.15) is 22.9 Å². The number of aromatic nitrogens is 3. The van der Waals surface area contributed by atoms with E-state index in [2.05, 4.69) is 51.1 Å². The predicted octanol–water partition coefficient (Wildman–Crippen LogP) is 4.00. The molecule has 116 valence electrons. The first-order valence-electron chi connectivity index (χ1n) is 6.85. The molecule has 0 aliphatic rings. The summed E-state index contributed by atoms with van der Waals surface area (Å²) in [4.78, 5) is 0. The molecule has 0 bridgehead atoms. The first-order valence-corrected chi connectivity index (χ1v) is 11.3. The second-order valence-electron chi connectivity index (χ2n) is 6.15. The molecule has 0 aromatic carbocycles. The summed E-state index contributed by atoms with van der Waals surface area (Å²) < 4.78 is 13.3.